The Morgan fingerprint density at radius 1 is 1.14 bits per heavy atom. The quantitative estimate of drug-likeness (QED) is 0.715. The number of benzene rings is 2. The number of hydrogen-bond acceptors (Lipinski definition) is 2. The van der Waals surface area contributed by atoms with Gasteiger partial charge in [0, 0.05) is 23.4 Å². The molecule has 0 saturated heterocycles. The number of nitrogens with zero attached hydrogens (tertiary/aromatic N) is 2. The molecule has 0 bridgehead atoms. The molecule has 0 atom stereocenters. The fraction of sp³-hybridized carbons (Fsp3) is 0.0625. The molecule has 1 N–H and O–H groups in total. The van der Waals surface area contributed by atoms with Gasteiger partial charge in [0.1, 0.15) is 0 Å². The zero-order valence-electron chi connectivity index (χ0n) is 11.1. The fourth-order valence-electron chi connectivity index (χ4n) is 2.02. The molecule has 3 rings (SSSR count). The van der Waals surface area contributed by atoms with Crippen LogP contribution in [0.25, 0.3) is 5.69 Å². The minimum absolute atomic E-state index is 0.714. The summed E-state index contributed by atoms with van der Waals surface area (Å²) in [6.45, 7) is 0.718. The highest BCUT2D eigenvalue weighted by molar-refractivity contribution is 9.10. The van der Waals surface area contributed by atoms with Crippen molar-refractivity contribution in [2.45, 2.75) is 6.54 Å². The summed E-state index contributed by atoms with van der Waals surface area (Å²) in [6.07, 6.45) is 3.69. The van der Waals surface area contributed by atoms with E-state index in [0.29, 0.717) is 5.02 Å². The minimum Gasteiger partial charge on any atom is -0.380 e. The Morgan fingerprint density at radius 2 is 1.95 bits per heavy atom. The SMILES string of the molecule is Clc1ccc(Br)cc1NCc1ccc(-n2cccn2)cc1. The Bertz CT molecular complexity index is 724. The van der Waals surface area contributed by atoms with Crippen molar-refractivity contribution in [3.8, 4) is 5.69 Å². The van der Waals surface area contributed by atoms with Crippen LogP contribution in [0.3, 0.4) is 0 Å². The Balaban J connectivity index is 1.70. The van der Waals surface area contributed by atoms with E-state index in [4.69, 9.17) is 11.6 Å². The van der Waals surface area contributed by atoms with E-state index in [1.54, 1.807) is 6.20 Å². The molecule has 0 aliphatic heterocycles. The first kappa shape index (κ1) is 14.2. The topological polar surface area (TPSA) is 29.9 Å². The van der Waals surface area contributed by atoms with E-state index in [2.05, 4.69) is 38.5 Å². The van der Waals surface area contributed by atoms with Crippen LogP contribution in [-0.2, 0) is 6.54 Å². The summed E-state index contributed by atoms with van der Waals surface area (Å²) < 4.78 is 2.84. The third-order valence-electron chi connectivity index (χ3n) is 3.12. The summed E-state index contributed by atoms with van der Waals surface area (Å²) >= 11 is 9.61. The van der Waals surface area contributed by atoms with Crippen LogP contribution in [0.2, 0.25) is 5.02 Å². The molecule has 0 fully saturated rings. The summed E-state index contributed by atoms with van der Waals surface area (Å²) in [4.78, 5) is 0. The zero-order chi connectivity index (χ0) is 14.7. The third-order valence-corrected chi connectivity index (χ3v) is 3.94. The third kappa shape index (κ3) is 3.46. The van der Waals surface area contributed by atoms with Crippen LogP contribution in [0, 0.1) is 0 Å². The molecule has 0 amide bonds. The van der Waals surface area contributed by atoms with Gasteiger partial charge in [-0.3, -0.25) is 0 Å². The molecular weight excluding hydrogens is 350 g/mol. The van der Waals surface area contributed by atoms with Crippen LogP contribution in [0.4, 0.5) is 5.69 Å². The van der Waals surface area contributed by atoms with Crippen LogP contribution in [-0.4, -0.2) is 9.78 Å². The normalized spacial score (nSPS) is 10.6. The Labute approximate surface area is 136 Å². The highest BCUT2D eigenvalue weighted by Gasteiger charge is 2.02. The lowest BCUT2D eigenvalue weighted by atomic mass is 10.2. The lowest BCUT2D eigenvalue weighted by molar-refractivity contribution is 0.879. The van der Waals surface area contributed by atoms with Gasteiger partial charge in [-0.25, -0.2) is 4.68 Å². The lowest BCUT2D eigenvalue weighted by Crippen LogP contribution is -2.01. The molecule has 3 nitrogen and oxygen atoms in total. The maximum absolute atomic E-state index is 6.16. The molecule has 1 heterocycles. The minimum atomic E-state index is 0.714. The van der Waals surface area contributed by atoms with E-state index >= 15 is 0 Å². The zero-order valence-corrected chi connectivity index (χ0v) is 13.5. The van der Waals surface area contributed by atoms with Crippen molar-refractivity contribution in [1.29, 1.82) is 0 Å². The van der Waals surface area contributed by atoms with Gasteiger partial charge in [-0.2, -0.15) is 5.10 Å². The van der Waals surface area contributed by atoms with E-state index in [1.807, 2.05) is 47.3 Å². The molecule has 5 heteroatoms. The van der Waals surface area contributed by atoms with Gasteiger partial charge in [0.15, 0.2) is 0 Å². The maximum Gasteiger partial charge on any atom is 0.0645 e. The molecule has 106 valence electrons. The second-order valence-corrected chi connectivity index (χ2v) is 5.92. The van der Waals surface area contributed by atoms with Gasteiger partial charge >= 0.3 is 0 Å². The van der Waals surface area contributed by atoms with Crippen LogP contribution in [0.15, 0.2) is 65.4 Å². The van der Waals surface area contributed by atoms with Crippen molar-refractivity contribution >= 4 is 33.2 Å². The van der Waals surface area contributed by atoms with Crippen molar-refractivity contribution in [3.05, 3.63) is 76.0 Å². The van der Waals surface area contributed by atoms with Gasteiger partial charge < -0.3 is 5.32 Å². The van der Waals surface area contributed by atoms with E-state index in [0.717, 1.165) is 22.4 Å². The summed E-state index contributed by atoms with van der Waals surface area (Å²) in [5.41, 5.74) is 3.15. The second-order valence-electron chi connectivity index (χ2n) is 4.59. The van der Waals surface area contributed by atoms with Crippen molar-refractivity contribution in [2.75, 3.05) is 5.32 Å². The van der Waals surface area contributed by atoms with Gasteiger partial charge in [0.25, 0.3) is 0 Å². The van der Waals surface area contributed by atoms with Gasteiger partial charge in [-0.05, 0) is 42.0 Å². The second kappa shape index (κ2) is 6.33. The van der Waals surface area contributed by atoms with E-state index in [-0.39, 0.29) is 0 Å². The molecule has 0 unspecified atom stereocenters. The molecule has 21 heavy (non-hydrogen) atoms. The molecule has 0 aliphatic rings. The number of halogens is 2. The fourth-order valence-corrected chi connectivity index (χ4v) is 2.56. The number of rotatable bonds is 4. The summed E-state index contributed by atoms with van der Waals surface area (Å²) in [6, 6.07) is 15.9. The Hall–Kier alpha value is -1.78. The molecule has 1 aromatic heterocycles. The van der Waals surface area contributed by atoms with Gasteiger partial charge in [0.2, 0.25) is 0 Å². The first-order chi connectivity index (χ1) is 10.2. The molecule has 0 radical (unpaired) electrons. The standard InChI is InChI=1S/C16H13BrClN3/c17-13-4-7-15(18)16(10-13)19-11-12-2-5-14(6-3-12)21-9-1-8-20-21/h1-10,19H,11H2. The number of aromatic nitrogens is 2. The monoisotopic (exact) mass is 361 g/mol. The van der Waals surface area contributed by atoms with Gasteiger partial charge in [-0.15, -0.1) is 0 Å². The van der Waals surface area contributed by atoms with Gasteiger partial charge in [0.05, 0.1) is 16.4 Å². The highest BCUT2D eigenvalue weighted by Crippen LogP contribution is 2.26. The average Bonchev–Trinajstić information content (AvgIpc) is 3.03. The van der Waals surface area contributed by atoms with E-state index < -0.39 is 0 Å². The van der Waals surface area contributed by atoms with Crippen molar-refractivity contribution in [3.63, 3.8) is 0 Å². The summed E-state index contributed by atoms with van der Waals surface area (Å²) in [5, 5.41) is 8.26. The summed E-state index contributed by atoms with van der Waals surface area (Å²) in [7, 11) is 0. The molecule has 0 aliphatic carbocycles. The average molecular weight is 363 g/mol. The first-order valence-corrected chi connectivity index (χ1v) is 7.67. The van der Waals surface area contributed by atoms with Gasteiger partial charge in [-0.1, -0.05) is 39.7 Å². The molecular formula is C16H13BrClN3. The predicted octanol–water partition coefficient (Wildman–Crippen LogP) is 4.90. The van der Waals surface area contributed by atoms with E-state index in [1.165, 1.54) is 5.56 Å². The number of hydrogen-bond donors (Lipinski definition) is 1. The first-order valence-electron chi connectivity index (χ1n) is 6.50. The van der Waals surface area contributed by atoms with Crippen LogP contribution in [0.5, 0.6) is 0 Å². The maximum atomic E-state index is 6.16. The predicted molar refractivity (Wildman–Crippen MR) is 90.0 cm³/mol. The molecule has 0 spiro atoms. The lowest BCUT2D eigenvalue weighted by Gasteiger charge is -2.09. The van der Waals surface area contributed by atoms with Crippen LogP contribution >= 0.6 is 27.5 Å². The van der Waals surface area contributed by atoms with Crippen LogP contribution in [0.1, 0.15) is 5.56 Å². The highest BCUT2D eigenvalue weighted by atomic mass is 79.9. The molecule has 3 aromatic rings. The van der Waals surface area contributed by atoms with E-state index in [9.17, 15) is 0 Å². The largest absolute Gasteiger partial charge is 0.380 e. The number of nitrogens with one attached hydrogen (secondary N) is 1. The Kier molecular flexibility index (Phi) is 4.27. The number of anilines is 1. The molecule has 2 aromatic carbocycles. The summed E-state index contributed by atoms with van der Waals surface area (Å²) in [5.74, 6) is 0. The van der Waals surface area contributed by atoms with Crippen molar-refractivity contribution < 1.29 is 0 Å². The van der Waals surface area contributed by atoms with Crippen molar-refractivity contribution in [1.82, 2.24) is 9.78 Å². The van der Waals surface area contributed by atoms with Crippen LogP contribution < -0.4 is 5.32 Å². The smallest absolute Gasteiger partial charge is 0.0645 e. The Morgan fingerprint density at radius 3 is 2.67 bits per heavy atom. The van der Waals surface area contributed by atoms with Crippen molar-refractivity contribution in [2.24, 2.45) is 0 Å². The molecule has 0 saturated carbocycles.